The maximum atomic E-state index is 13.7. The van der Waals surface area contributed by atoms with Gasteiger partial charge in [0, 0.05) is 17.0 Å². The fraction of sp³-hybridized carbons (Fsp3) is 0.533. The van der Waals surface area contributed by atoms with Crippen molar-refractivity contribution in [1.82, 2.24) is 0 Å². The van der Waals surface area contributed by atoms with Gasteiger partial charge in [-0.3, -0.25) is 4.79 Å². The van der Waals surface area contributed by atoms with Gasteiger partial charge in [0.2, 0.25) is 0 Å². The Morgan fingerprint density at radius 2 is 2.00 bits per heavy atom. The molecule has 0 aromatic heterocycles. The summed E-state index contributed by atoms with van der Waals surface area (Å²) < 4.78 is 24.6. The standard InChI is InChI=1S/C15H21FO4/c1-9(2)20-14-11(15(3,4)8-13(17)18)6-10(16)7-12(14)19-5/h6-7,9H,8H2,1-5H3,(H,17,18). The average molecular weight is 284 g/mol. The zero-order valence-corrected chi connectivity index (χ0v) is 12.5. The quantitative estimate of drug-likeness (QED) is 0.870. The van der Waals surface area contributed by atoms with Crippen LogP contribution in [0.2, 0.25) is 0 Å². The van der Waals surface area contributed by atoms with Crippen LogP contribution < -0.4 is 9.47 Å². The number of hydrogen-bond acceptors (Lipinski definition) is 3. The first-order chi connectivity index (χ1) is 9.17. The molecule has 4 nitrogen and oxygen atoms in total. The molecule has 0 atom stereocenters. The second kappa shape index (κ2) is 6.11. The Balaban J connectivity index is 3.42. The Bertz CT molecular complexity index is 495. The van der Waals surface area contributed by atoms with Crippen LogP contribution in [0.1, 0.15) is 39.7 Å². The topological polar surface area (TPSA) is 55.8 Å². The number of hydrogen-bond donors (Lipinski definition) is 1. The molecule has 0 radical (unpaired) electrons. The third-order valence-corrected chi connectivity index (χ3v) is 2.92. The summed E-state index contributed by atoms with van der Waals surface area (Å²) in [6.45, 7) is 7.17. The van der Waals surface area contributed by atoms with E-state index in [4.69, 9.17) is 14.6 Å². The fourth-order valence-corrected chi connectivity index (χ4v) is 2.05. The molecular formula is C15H21FO4. The Labute approximate surface area is 118 Å². The average Bonchev–Trinajstić information content (AvgIpc) is 2.28. The molecule has 0 bridgehead atoms. The SMILES string of the molecule is COc1cc(F)cc(C(C)(C)CC(=O)O)c1OC(C)C. The van der Waals surface area contributed by atoms with Crippen LogP contribution in [-0.4, -0.2) is 24.3 Å². The van der Waals surface area contributed by atoms with E-state index >= 15 is 0 Å². The van der Waals surface area contributed by atoms with Gasteiger partial charge in [-0.2, -0.15) is 0 Å². The lowest BCUT2D eigenvalue weighted by Crippen LogP contribution is -2.24. The number of carbonyl (C=O) groups is 1. The summed E-state index contributed by atoms with van der Waals surface area (Å²) in [5.41, 5.74) is -0.281. The van der Waals surface area contributed by atoms with Gasteiger partial charge in [0.25, 0.3) is 0 Å². The van der Waals surface area contributed by atoms with E-state index in [2.05, 4.69) is 0 Å². The molecule has 20 heavy (non-hydrogen) atoms. The van der Waals surface area contributed by atoms with E-state index in [0.717, 1.165) is 0 Å². The molecular weight excluding hydrogens is 263 g/mol. The Morgan fingerprint density at radius 1 is 1.40 bits per heavy atom. The highest BCUT2D eigenvalue weighted by Gasteiger charge is 2.30. The van der Waals surface area contributed by atoms with Crippen LogP contribution in [0.3, 0.4) is 0 Å². The van der Waals surface area contributed by atoms with Gasteiger partial charge >= 0.3 is 5.97 Å². The van der Waals surface area contributed by atoms with Crippen LogP contribution in [0.5, 0.6) is 11.5 Å². The van der Waals surface area contributed by atoms with E-state index in [1.165, 1.54) is 19.2 Å². The second-order valence-electron chi connectivity index (χ2n) is 5.61. The number of methoxy groups -OCH3 is 1. The van der Waals surface area contributed by atoms with E-state index in [0.29, 0.717) is 11.3 Å². The molecule has 0 aliphatic carbocycles. The normalized spacial score (nSPS) is 11.6. The zero-order chi connectivity index (χ0) is 15.5. The van der Waals surface area contributed by atoms with Crippen molar-refractivity contribution < 1.29 is 23.8 Å². The van der Waals surface area contributed by atoms with Gasteiger partial charge < -0.3 is 14.6 Å². The van der Waals surface area contributed by atoms with Gasteiger partial charge in [-0.05, 0) is 19.9 Å². The molecule has 0 aliphatic heterocycles. The smallest absolute Gasteiger partial charge is 0.304 e. The van der Waals surface area contributed by atoms with Gasteiger partial charge in [-0.1, -0.05) is 13.8 Å². The molecule has 1 aromatic rings. The van der Waals surface area contributed by atoms with Crippen LogP contribution in [0.25, 0.3) is 0 Å². The van der Waals surface area contributed by atoms with E-state index < -0.39 is 17.2 Å². The van der Waals surface area contributed by atoms with Crippen LogP contribution in [0.15, 0.2) is 12.1 Å². The minimum Gasteiger partial charge on any atom is -0.493 e. The lowest BCUT2D eigenvalue weighted by Gasteiger charge is -2.28. The van der Waals surface area contributed by atoms with Crippen molar-refractivity contribution in [1.29, 1.82) is 0 Å². The first-order valence-corrected chi connectivity index (χ1v) is 6.44. The van der Waals surface area contributed by atoms with E-state index in [1.54, 1.807) is 13.8 Å². The Kier molecular flexibility index (Phi) is 4.98. The number of carboxylic acid groups (broad SMARTS) is 1. The monoisotopic (exact) mass is 284 g/mol. The molecule has 112 valence electrons. The summed E-state index contributed by atoms with van der Waals surface area (Å²) in [5.74, 6) is -0.762. The highest BCUT2D eigenvalue weighted by molar-refractivity contribution is 5.69. The third-order valence-electron chi connectivity index (χ3n) is 2.92. The Morgan fingerprint density at radius 3 is 2.45 bits per heavy atom. The summed E-state index contributed by atoms with van der Waals surface area (Å²) in [6.07, 6.45) is -0.262. The molecule has 0 fully saturated rings. The van der Waals surface area contributed by atoms with Crippen LogP contribution in [0.4, 0.5) is 4.39 Å². The van der Waals surface area contributed by atoms with Crippen LogP contribution >= 0.6 is 0 Å². The predicted octanol–water partition coefficient (Wildman–Crippen LogP) is 3.37. The number of carboxylic acids is 1. The fourth-order valence-electron chi connectivity index (χ4n) is 2.05. The second-order valence-corrected chi connectivity index (χ2v) is 5.61. The molecule has 0 aliphatic rings. The molecule has 1 N–H and O–H groups in total. The van der Waals surface area contributed by atoms with E-state index in [-0.39, 0.29) is 18.3 Å². The van der Waals surface area contributed by atoms with Crippen molar-refractivity contribution in [3.63, 3.8) is 0 Å². The van der Waals surface area contributed by atoms with Crippen molar-refractivity contribution >= 4 is 5.97 Å². The number of ether oxygens (including phenoxy) is 2. The summed E-state index contributed by atoms with van der Waals surface area (Å²) in [7, 11) is 1.43. The van der Waals surface area contributed by atoms with Gasteiger partial charge in [0.05, 0.1) is 19.6 Å². The minimum atomic E-state index is -0.950. The number of rotatable bonds is 6. The highest BCUT2D eigenvalue weighted by atomic mass is 19.1. The van der Waals surface area contributed by atoms with Gasteiger partial charge in [0.1, 0.15) is 5.82 Å². The van der Waals surface area contributed by atoms with Crippen molar-refractivity contribution in [2.24, 2.45) is 0 Å². The summed E-state index contributed by atoms with van der Waals surface area (Å²) in [6, 6.07) is 2.54. The summed E-state index contributed by atoms with van der Waals surface area (Å²) >= 11 is 0. The molecule has 0 saturated heterocycles. The maximum Gasteiger partial charge on any atom is 0.304 e. The molecule has 0 spiro atoms. The maximum absolute atomic E-state index is 13.7. The predicted molar refractivity (Wildman–Crippen MR) is 74.0 cm³/mol. The van der Waals surface area contributed by atoms with Gasteiger partial charge in [0.15, 0.2) is 11.5 Å². The van der Waals surface area contributed by atoms with Crippen LogP contribution in [-0.2, 0) is 10.2 Å². The van der Waals surface area contributed by atoms with Crippen molar-refractivity contribution in [2.45, 2.75) is 45.6 Å². The lowest BCUT2D eigenvalue weighted by molar-refractivity contribution is -0.138. The summed E-state index contributed by atoms with van der Waals surface area (Å²) in [5, 5.41) is 9.01. The van der Waals surface area contributed by atoms with Crippen molar-refractivity contribution in [3.8, 4) is 11.5 Å². The zero-order valence-electron chi connectivity index (χ0n) is 12.5. The van der Waals surface area contributed by atoms with Crippen molar-refractivity contribution in [3.05, 3.63) is 23.5 Å². The minimum absolute atomic E-state index is 0.131. The van der Waals surface area contributed by atoms with Gasteiger partial charge in [-0.15, -0.1) is 0 Å². The van der Waals surface area contributed by atoms with Crippen molar-refractivity contribution in [2.75, 3.05) is 7.11 Å². The first kappa shape index (κ1) is 16.3. The highest BCUT2D eigenvalue weighted by Crippen LogP contribution is 2.41. The van der Waals surface area contributed by atoms with Gasteiger partial charge in [-0.25, -0.2) is 4.39 Å². The number of benzene rings is 1. The lowest BCUT2D eigenvalue weighted by atomic mass is 9.80. The number of halogens is 1. The Hall–Kier alpha value is -1.78. The molecule has 0 unspecified atom stereocenters. The largest absolute Gasteiger partial charge is 0.493 e. The molecule has 0 amide bonds. The third kappa shape index (κ3) is 3.85. The molecule has 1 aromatic carbocycles. The summed E-state index contributed by atoms with van der Waals surface area (Å²) in [4.78, 5) is 11.0. The number of aliphatic carboxylic acids is 1. The van der Waals surface area contributed by atoms with E-state index in [1.807, 2.05) is 13.8 Å². The molecule has 0 heterocycles. The molecule has 0 saturated carbocycles. The molecule has 1 rings (SSSR count). The molecule has 5 heteroatoms. The first-order valence-electron chi connectivity index (χ1n) is 6.44. The van der Waals surface area contributed by atoms with E-state index in [9.17, 15) is 9.18 Å². The van der Waals surface area contributed by atoms with Crippen LogP contribution in [0, 0.1) is 5.82 Å².